The number of hydrogen-bond acceptors (Lipinski definition) is 3. The standard InChI is InChI=1S/C10H18O2S/c1-4-7-10(13-11,8-5-2)12-9-6-3/h4-5,7-8,11H,6,9H2,1-3H3. The molecule has 0 aliphatic carbocycles. The molecule has 0 atom stereocenters. The first kappa shape index (κ1) is 12.8. The van der Waals surface area contributed by atoms with Crippen molar-refractivity contribution in [3.63, 3.8) is 0 Å². The van der Waals surface area contributed by atoms with Crippen molar-refractivity contribution in [3.05, 3.63) is 24.3 Å². The average Bonchev–Trinajstić information content (AvgIpc) is 2.15. The lowest BCUT2D eigenvalue weighted by molar-refractivity contribution is 0.0884. The number of allylic oxidation sites excluding steroid dienone is 2. The molecule has 2 nitrogen and oxygen atoms in total. The van der Waals surface area contributed by atoms with Gasteiger partial charge in [-0.15, -0.1) is 0 Å². The summed E-state index contributed by atoms with van der Waals surface area (Å²) in [7, 11) is 0. The second-order valence-corrected chi connectivity index (χ2v) is 3.48. The van der Waals surface area contributed by atoms with Crippen LogP contribution < -0.4 is 0 Å². The van der Waals surface area contributed by atoms with Crippen LogP contribution in [0.25, 0.3) is 0 Å². The molecule has 0 spiro atoms. The molecule has 0 aromatic heterocycles. The van der Waals surface area contributed by atoms with Gasteiger partial charge in [-0.25, -0.2) is 0 Å². The van der Waals surface area contributed by atoms with Gasteiger partial charge in [-0.3, -0.25) is 0 Å². The highest BCUT2D eigenvalue weighted by Gasteiger charge is 2.24. The van der Waals surface area contributed by atoms with Crippen molar-refractivity contribution < 1.29 is 9.29 Å². The van der Waals surface area contributed by atoms with Crippen molar-refractivity contribution in [2.75, 3.05) is 6.61 Å². The predicted molar refractivity (Wildman–Crippen MR) is 58.8 cm³/mol. The maximum absolute atomic E-state index is 9.15. The van der Waals surface area contributed by atoms with E-state index >= 15 is 0 Å². The quantitative estimate of drug-likeness (QED) is 0.406. The van der Waals surface area contributed by atoms with Gasteiger partial charge < -0.3 is 9.29 Å². The largest absolute Gasteiger partial charge is 0.355 e. The summed E-state index contributed by atoms with van der Waals surface area (Å²) in [6.45, 7) is 6.49. The highest BCUT2D eigenvalue weighted by Crippen LogP contribution is 2.27. The fourth-order valence-corrected chi connectivity index (χ4v) is 1.50. The van der Waals surface area contributed by atoms with Gasteiger partial charge in [-0.2, -0.15) is 0 Å². The minimum Gasteiger partial charge on any atom is -0.355 e. The molecule has 0 saturated heterocycles. The molecule has 1 N–H and O–H groups in total. The Morgan fingerprint density at radius 3 is 2.15 bits per heavy atom. The van der Waals surface area contributed by atoms with E-state index in [1.807, 2.05) is 45.1 Å². The zero-order chi connectivity index (χ0) is 10.2. The third-order valence-corrected chi connectivity index (χ3v) is 2.15. The SMILES string of the molecule is CC=CC(C=CC)(OCCC)SO. The van der Waals surface area contributed by atoms with Gasteiger partial charge in [0.25, 0.3) is 0 Å². The Kier molecular flexibility index (Phi) is 7.04. The molecule has 0 unspecified atom stereocenters. The van der Waals surface area contributed by atoms with E-state index < -0.39 is 4.93 Å². The summed E-state index contributed by atoms with van der Waals surface area (Å²) in [5.74, 6) is 0. The number of hydrogen-bond donors (Lipinski definition) is 1. The highest BCUT2D eigenvalue weighted by molar-refractivity contribution is 7.95. The predicted octanol–water partition coefficient (Wildman–Crippen LogP) is 3.47. The summed E-state index contributed by atoms with van der Waals surface area (Å²) >= 11 is 0.711. The van der Waals surface area contributed by atoms with E-state index in [-0.39, 0.29) is 0 Å². The van der Waals surface area contributed by atoms with Crippen molar-refractivity contribution in [1.29, 1.82) is 0 Å². The van der Waals surface area contributed by atoms with Crippen LogP contribution in [-0.2, 0) is 4.74 Å². The van der Waals surface area contributed by atoms with E-state index in [1.54, 1.807) is 0 Å². The van der Waals surface area contributed by atoms with Crippen molar-refractivity contribution >= 4 is 12.0 Å². The van der Waals surface area contributed by atoms with Crippen LogP contribution in [0.3, 0.4) is 0 Å². The van der Waals surface area contributed by atoms with E-state index in [0.29, 0.717) is 18.6 Å². The molecule has 0 amide bonds. The van der Waals surface area contributed by atoms with Crippen LogP contribution in [0.1, 0.15) is 27.2 Å². The Hall–Kier alpha value is -0.250. The van der Waals surface area contributed by atoms with Gasteiger partial charge in [0, 0.05) is 18.6 Å². The highest BCUT2D eigenvalue weighted by atomic mass is 32.2. The maximum Gasteiger partial charge on any atom is 0.175 e. The molecular weight excluding hydrogens is 184 g/mol. The lowest BCUT2D eigenvalue weighted by Crippen LogP contribution is -2.23. The van der Waals surface area contributed by atoms with Crippen molar-refractivity contribution in [2.24, 2.45) is 0 Å². The third-order valence-electron chi connectivity index (χ3n) is 1.47. The minimum atomic E-state index is -0.695. The van der Waals surface area contributed by atoms with E-state index in [9.17, 15) is 0 Å². The minimum absolute atomic E-state index is 0.641. The summed E-state index contributed by atoms with van der Waals surface area (Å²) < 4.78 is 14.7. The second-order valence-electron chi connectivity index (χ2n) is 2.66. The Balaban J connectivity index is 4.44. The van der Waals surface area contributed by atoms with Gasteiger partial charge in [-0.05, 0) is 32.4 Å². The van der Waals surface area contributed by atoms with Crippen LogP contribution in [0.5, 0.6) is 0 Å². The Labute approximate surface area is 84.9 Å². The third kappa shape index (κ3) is 4.50. The molecule has 0 aromatic carbocycles. The molecule has 0 radical (unpaired) electrons. The average molecular weight is 202 g/mol. The summed E-state index contributed by atoms with van der Waals surface area (Å²) in [5.41, 5.74) is 0. The van der Waals surface area contributed by atoms with E-state index in [1.165, 1.54) is 0 Å². The Morgan fingerprint density at radius 1 is 1.31 bits per heavy atom. The molecule has 0 bridgehead atoms. The van der Waals surface area contributed by atoms with Gasteiger partial charge in [-0.1, -0.05) is 19.1 Å². The molecule has 0 heterocycles. The monoisotopic (exact) mass is 202 g/mol. The Morgan fingerprint density at radius 2 is 1.85 bits per heavy atom. The second kappa shape index (κ2) is 7.18. The lowest BCUT2D eigenvalue weighted by atomic mass is 10.3. The van der Waals surface area contributed by atoms with Crippen LogP contribution in [0.4, 0.5) is 0 Å². The van der Waals surface area contributed by atoms with Gasteiger partial charge in [0.15, 0.2) is 4.93 Å². The topological polar surface area (TPSA) is 29.5 Å². The summed E-state index contributed by atoms with van der Waals surface area (Å²) in [5, 5.41) is 0. The van der Waals surface area contributed by atoms with Gasteiger partial charge in [0.05, 0.1) is 0 Å². The molecule has 0 saturated carbocycles. The van der Waals surface area contributed by atoms with Crippen LogP contribution in [0.2, 0.25) is 0 Å². The maximum atomic E-state index is 9.15. The molecule has 0 aromatic rings. The smallest absolute Gasteiger partial charge is 0.175 e. The first-order chi connectivity index (χ1) is 6.24. The van der Waals surface area contributed by atoms with Crippen molar-refractivity contribution in [1.82, 2.24) is 0 Å². The summed E-state index contributed by atoms with van der Waals surface area (Å²) in [6.07, 6.45) is 8.37. The van der Waals surface area contributed by atoms with E-state index in [2.05, 4.69) is 0 Å². The van der Waals surface area contributed by atoms with Gasteiger partial charge in [0.2, 0.25) is 0 Å². The molecule has 0 aliphatic rings. The van der Waals surface area contributed by atoms with Gasteiger partial charge in [0.1, 0.15) is 0 Å². The zero-order valence-electron chi connectivity index (χ0n) is 8.49. The molecule has 0 fully saturated rings. The summed E-state index contributed by atoms with van der Waals surface area (Å²) in [6, 6.07) is 0. The fraction of sp³-hybridized carbons (Fsp3) is 0.600. The van der Waals surface area contributed by atoms with Crippen molar-refractivity contribution in [3.8, 4) is 0 Å². The molecular formula is C10H18O2S. The molecule has 13 heavy (non-hydrogen) atoms. The van der Waals surface area contributed by atoms with Crippen LogP contribution in [-0.4, -0.2) is 16.1 Å². The van der Waals surface area contributed by atoms with E-state index in [4.69, 9.17) is 9.29 Å². The first-order valence-corrected chi connectivity index (χ1v) is 5.26. The van der Waals surface area contributed by atoms with Gasteiger partial charge >= 0.3 is 0 Å². The molecule has 3 heteroatoms. The molecule has 0 aliphatic heterocycles. The number of rotatable bonds is 6. The number of ether oxygens (including phenoxy) is 1. The lowest BCUT2D eigenvalue weighted by Gasteiger charge is -2.23. The molecule has 0 rings (SSSR count). The Bertz CT molecular complexity index is 164. The van der Waals surface area contributed by atoms with Crippen molar-refractivity contribution in [2.45, 2.75) is 32.1 Å². The van der Waals surface area contributed by atoms with Crippen LogP contribution in [0.15, 0.2) is 24.3 Å². The zero-order valence-corrected chi connectivity index (χ0v) is 9.30. The summed E-state index contributed by atoms with van der Waals surface area (Å²) in [4.78, 5) is -0.695. The van der Waals surface area contributed by atoms with E-state index in [0.717, 1.165) is 6.42 Å². The van der Waals surface area contributed by atoms with Crippen LogP contribution in [0, 0.1) is 0 Å². The first-order valence-electron chi connectivity index (χ1n) is 4.49. The molecule has 76 valence electrons. The fourth-order valence-electron chi connectivity index (χ4n) is 0.965. The normalized spacial score (nSPS) is 16.9. The van der Waals surface area contributed by atoms with Crippen LogP contribution >= 0.6 is 12.0 Å².